The van der Waals surface area contributed by atoms with Gasteiger partial charge in [-0.2, -0.15) is 0 Å². The maximum absolute atomic E-state index is 13.3. The van der Waals surface area contributed by atoms with E-state index in [-0.39, 0.29) is 23.0 Å². The lowest BCUT2D eigenvalue weighted by molar-refractivity contribution is 0.0948. The van der Waals surface area contributed by atoms with E-state index in [1.807, 2.05) is 12.1 Å². The first-order valence-electron chi connectivity index (χ1n) is 20.2. The first kappa shape index (κ1) is 38.3. The van der Waals surface area contributed by atoms with Crippen LogP contribution in [0.1, 0.15) is 114 Å². The zero-order valence-corrected chi connectivity index (χ0v) is 33.3. The number of amides is 1. The quantitative estimate of drug-likeness (QED) is 0.120. The number of guanidine groups is 1. The number of carbonyl (C=O) groups excluding carboxylic acids is 1. The second-order valence-corrected chi connectivity index (χ2v) is 20.6. The van der Waals surface area contributed by atoms with Gasteiger partial charge in [-0.15, -0.1) is 0 Å². The molecular formula is C44H63N5O2Si. The van der Waals surface area contributed by atoms with Gasteiger partial charge in [-0.05, 0) is 78.3 Å². The number of nitrogens with zero attached hydrogens (tertiary/aromatic N) is 3. The van der Waals surface area contributed by atoms with Gasteiger partial charge in [0.2, 0.25) is 0 Å². The van der Waals surface area contributed by atoms with Crippen molar-refractivity contribution in [1.82, 2.24) is 20.4 Å². The number of benzene rings is 3. The summed E-state index contributed by atoms with van der Waals surface area (Å²) >= 11 is 0. The molecule has 6 rings (SSSR count). The molecule has 0 saturated carbocycles. The van der Waals surface area contributed by atoms with Gasteiger partial charge in [-0.3, -0.25) is 9.69 Å². The second kappa shape index (κ2) is 18.0. The maximum Gasteiger partial charge on any atom is 0.261 e. The molecule has 7 nitrogen and oxygen atoms in total. The van der Waals surface area contributed by atoms with Crippen molar-refractivity contribution >= 4 is 30.6 Å². The fourth-order valence-corrected chi connectivity index (χ4v) is 13.2. The Morgan fingerprint density at radius 3 is 2.17 bits per heavy atom. The highest BCUT2D eigenvalue weighted by atomic mass is 28.4. The molecule has 0 aromatic heterocycles. The summed E-state index contributed by atoms with van der Waals surface area (Å²) in [5.74, 6) is 0.938. The lowest BCUT2D eigenvalue weighted by Crippen LogP contribution is -2.67. The van der Waals surface area contributed by atoms with Crippen LogP contribution in [0.2, 0.25) is 5.04 Å². The monoisotopic (exact) mass is 721 g/mol. The molecule has 0 spiro atoms. The second-order valence-electron chi connectivity index (χ2n) is 16.3. The van der Waals surface area contributed by atoms with Gasteiger partial charge in [0, 0.05) is 37.3 Å². The van der Waals surface area contributed by atoms with E-state index in [9.17, 15) is 4.79 Å². The van der Waals surface area contributed by atoms with Crippen molar-refractivity contribution in [1.29, 1.82) is 0 Å². The fraction of sp³-hybridized carbons (Fsp3) is 0.545. The molecule has 1 amide bonds. The van der Waals surface area contributed by atoms with Crippen molar-refractivity contribution < 1.29 is 9.22 Å². The lowest BCUT2D eigenvalue weighted by atomic mass is 10.0. The number of likely N-dealkylation sites (tertiary alicyclic amines) is 1. The van der Waals surface area contributed by atoms with E-state index < -0.39 is 8.32 Å². The van der Waals surface area contributed by atoms with Crippen LogP contribution in [0, 0.1) is 0 Å². The molecule has 2 saturated heterocycles. The number of fused-ring (bicyclic) bond motifs is 1. The Hall–Kier alpha value is -3.46. The Balaban J connectivity index is 1.03. The minimum Gasteiger partial charge on any atom is -0.405 e. The highest BCUT2D eigenvalue weighted by Gasteiger charge is 2.50. The standard InChI is InChI=1S/C44H63N5O2Si/c1-5-6-7-8-9-16-29-48-30-17-22-41(48)35-23-25-36(26-24-35)42(50)45-33-37-27-31-49-32-28-38(47-43(49)46-37)34-51-52(44(2,3)4,39-18-12-10-13-19-39)40-20-14-11-15-21-40/h10-15,18-21,23-26,37-38,41H,5-9,16-17,22,27-34H2,1-4H3,(H,45,50)(H,46,47)/t37-,38-,41+/m1/s1. The normalized spacial score (nSPS) is 21.0. The number of hydrogen-bond acceptors (Lipinski definition) is 6. The van der Waals surface area contributed by atoms with E-state index in [1.165, 1.54) is 80.4 Å². The van der Waals surface area contributed by atoms with Crippen LogP contribution in [0.3, 0.4) is 0 Å². The predicted molar refractivity (Wildman–Crippen MR) is 218 cm³/mol. The molecule has 3 aliphatic rings. The molecular weight excluding hydrogens is 659 g/mol. The molecule has 3 aromatic rings. The SMILES string of the molecule is CCCCCCCCN1CCC[C@H]1c1ccc(C(=O)NC[C@H]2CCN3CC[C@H](CO[Si](c4ccccc4)(c4ccccc4)C(C)(C)C)N=C3N2)cc1. The smallest absolute Gasteiger partial charge is 0.261 e. The van der Waals surface area contributed by atoms with Crippen LogP contribution in [0.4, 0.5) is 0 Å². The third kappa shape index (κ3) is 9.18. The van der Waals surface area contributed by atoms with Gasteiger partial charge in [0.1, 0.15) is 0 Å². The lowest BCUT2D eigenvalue weighted by Gasteiger charge is -2.44. The van der Waals surface area contributed by atoms with Gasteiger partial charge in [0.15, 0.2) is 5.96 Å². The summed E-state index contributed by atoms with van der Waals surface area (Å²) in [4.78, 5) is 23.5. The molecule has 3 heterocycles. The van der Waals surface area contributed by atoms with Crippen LogP contribution in [-0.4, -0.2) is 81.4 Å². The molecule has 2 N–H and O–H groups in total. The highest BCUT2D eigenvalue weighted by molar-refractivity contribution is 6.99. The third-order valence-electron chi connectivity index (χ3n) is 11.6. The molecule has 3 aromatic carbocycles. The highest BCUT2D eigenvalue weighted by Crippen LogP contribution is 2.37. The van der Waals surface area contributed by atoms with Crippen LogP contribution in [0.15, 0.2) is 89.9 Å². The van der Waals surface area contributed by atoms with Crippen molar-refractivity contribution in [2.24, 2.45) is 4.99 Å². The van der Waals surface area contributed by atoms with Gasteiger partial charge in [0.25, 0.3) is 14.2 Å². The molecule has 0 bridgehead atoms. The topological polar surface area (TPSA) is 69.2 Å². The van der Waals surface area contributed by atoms with E-state index in [0.29, 0.717) is 19.2 Å². The molecule has 3 atom stereocenters. The summed E-state index contributed by atoms with van der Waals surface area (Å²) in [7, 11) is -2.63. The molecule has 2 fully saturated rings. The molecule has 3 aliphatic heterocycles. The first-order valence-corrected chi connectivity index (χ1v) is 22.2. The van der Waals surface area contributed by atoms with E-state index in [4.69, 9.17) is 9.42 Å². The number of nitrogens with one attached hydrogen (secondary N) is 2. The van der Waals surface area contributed by atoms with Gasteiger partial charge < -0.3 is 20.0 Å². The zero-order chi connectivity index (χ0) is 36.4. The Morgan fingerprint density at radius 2 is 1.50 bits per heavy atom. The summed E-state index contributed by atoms with van der Waals surface area (Å²) < 4.78 is 7.25. The Bertz CT molecular complexity index is 1540. The fourth-order valence-electron chi connectivity index (χ4n) is 8.64. The van der Waals surface area contributed by atoms with Crippen LogP contribution >= 0.6 is 0 Å². The van der Waals surface area contributed by atoms with Crippen LogP contribution < -0.4 is 21.0 Å². The number of unbranched alkanes of at least 4 members (excludes halogenated alkanes) is 5. The third-order valence-corrected chi connectivity index (χ3v) is 16.6. The average molecular weight is 722 g/mol. The molecule has 0 radical (unpaired) electrons. The number of carbonyl (C=O) groups is 1. The Labute approximate surface area is 314 Å². The average Bonchev–Trinajstić information content (AvgIpc) is 3.64. The van der Waals surface area contributed by atoms with Crippen LogP contribution in [0.5, 0.6) is 0 Å². The summed E-state index contributed by atoms with van der Waals surface area (Å²) in [5, 5.41) is 9.41. The van der Waals surface area contributed by atoms with Gasteiger partial charge in [0.05, 0.1) is 12.6 Å². The van der Waals surface area contributed by atoms with E-state index >= 15 is 0 Å². The first-order chi connectivity index (χ1) is 25.3. The number of aliphatic imine (C=N–C) groups is 1. The van der Waals surface area contributed by atoms with E-state index in [1.54, 1.807) is 0 Å². The van der Waals surface area contributed by atoms with Crippen molar-refractivity contribution in [3.63, 3.8) is 0 Å². The van der Waals surface area contributed by atoms with Crippen molar-refractivity contribution in [2.75, 3.05) is 39.3 Å². The van der Waals surface area contributed by atoms with Gasteiger partial charge in [-0.1, -0.05) is 133 Å². The largest absolute Gasteiger partial charge is 0.405 e. The minimum atomic E-state index is -2.63. The molecule has 280 valence electrons. The van der Waals surface area contributed by atoms with Gasteiger partial charge in [-0.25, -0.2) is 4.99 Å². The molecule has 8 heteroatoms. The van der Waals surface area contributed by atoms with Crippen LogP contribution in [0.25, 0.3) is 0 Å². The zero-order valence-electron chi connectivity index (χ0n) is 32.3. The maximum atomic E-state index is 13.3. The predicted octanol–water partition coefficient (Wildman–Crippen LogP) is 7.28. The number of rotatable bonds is 16. The van der Waals surface area contributed by atoms with Crippen LogP contribution in [-0.2, 0) is 4.43 Å². The summed E-state index contributed by atoms with van der Waals surface area (Å²) in [6.45, 7) is 14.7. The summed E-state index contributed by atoms with van der Waals surface area (Å²) in [6.07, 6.45) is 12.4. The Morgan fingerprint density at radius 1 is 0.846 bits per heavy atom. The minimum absolute atomic E-state index is 0.00620. The van der Waals surface area contributed by atoms with Crippen molar-refractivity contribution in [2.45, 2.75) is 115 Å². The van der Waals surface area contributed by atoms with Crippen molar-refractivity contribution in [3.05, 3.63) is 96.1 Å². The van der Waals surface area contributed by atoms with E-state index in [2.05, 4.69) is 121 Å². The van der Waals surface area contributed by atoms with E-state index in [0.717, 1.165) is 37.5 Å². The molecule has 0 unspecified atom stereocenters. The molecule has 52 heavy (non-hydrogen) atoms. The van der Waals surface area contributed by atoms with Crippen molar-refractivity contribution in [3.8, 4) is 0 Å². The Kier molecular flexibility index (Phi) is 13.3. The summed E-state index contributed by atoms with van der Waals surface area (Å²) in [5.41, 5.74) is 2.08. The molecule has 0 aliphatic carbocycles. The summed E-state index contributed by atoms with van der Waals surface area (Å²) in [6, 6.07) is 30.8. The number of hydrogen-bond donors (Lipinski definition) is 2. The van der Waals surface area contributed by atoms with Gasteiger partial charge >= 0.3 is 0 Å².